The fraction of sp³-hybridized carbons (Fsp3) is 1.00. The largest absolute Gasteiger partial charge is 0.377 e. The van der Waals surface area contributed by atoms with Crippen LogP contribution in [0.4, 0.5) is 0 Å². The Morgan fingerprint density at radius 2 is 2.30 bits per heavy atom. The highest BCUT2D eigenvalue weighted by Gasteiger charge is 2.31. The van der Waals surface area contributed by atoms with E-state index in [1.165, 1.54) is 12.8 Å². The smallest absolute Gasteiger partial charge is 0.0648 e. The lowest BCUT2D eigenvalue weighted by Crippen LogP contribution is -2.42. The van der Waals surface area contributed by atoms with E-state index in [0.29, 0.717) is 6.10 Å². The van der Waals surface area contributed by atoms with Gasteiger partial charge in [-0.1, -0.05) is 27.2 Å². The van der Waals surface area contributed by atoms with E-state index < -0.39 is 0 Å². The summed E-state index contributed by atoms with van der Waals surface area (Å²) in [4.78, 5) is 0. The molecule has 0 N–H and O–H groups in total. The van der Waals surface area contributed by atoms with Crippen LogP contribution in [0.5, 0.6) is 0 Å². The Hall–Kier alpha value is -0.0400. The van der Waals surface area contributed by atoms with Crippen LogP contribution in [0.15, 0.2) is 0 Å². The summed E-state index contributed by atoms with van der Waals surface area (Å²) in [6.07, 6.45) is 3.17. The maximum atomic E-state index is 5.46. The molecule has 1 aliphatic rings. The minimum Gasteiger partial charge on any atom is -0.377 e. The molecule has 0 amide bonds. The molecule has 1 saturated heterocycles. The fourth-order valence-electron chi connectivity index (χ4n) is 1.74. The van der Waals surface area contributed by atoms with Crippen LogP contribution < -0.4 is 0 Å². The average Bonchev–Trinajstić information content (AvgIpc) is 1.85. The van der Waals surface area contributed by atoms with Crippen molar-refractivity contribution in [2.45, 2.75) is 39.7 Å². The minimum atomic E-state index is 0.569. The van der Waals surface area contributed by atoms with E-state index in [2.05, 4.69) is 20.8 Å². The monoisotopic (exact) mass is 142 g/mol. The summed E-state index contributed by atoms with van der Waals surface area (Å²) >= 11 is 0. The Morgan fingerprint density at radius 1 is 1.60 bits per heavy atom. The second-order valence-electron chi connectivity index (χ2n) is 3.54. The van der Waals surface area contributed by atoms with Crippen LogP contribution in [0.2, 0.25) is 0 Å². The maximum Gasteiger partial charge on any atom is 0.0648 e. The van der Waals surface area contributed by atoms with Crippen LogP contribution >= 0.6 is 0 Å². The molecule has 0 aromatic heterocycles. The lowest BCUT2D eigenvalue weighted by molar-refractivity contribution is -0.134. The zero-order valence-corrected chi connectivity index (χ0v) is 7.26. The van der Waals surface area contributed by atoms with Crippen molar-refractivity contribution in [2.24, 2.45) is 11.8 Å². The van der Waals surface area contributed by atoms with Crippen LogP contribution in [0.1, 0.15) is 33.6 Å². The van der Waals surface area contributed by atoms with Gasteiger partial charge in [0.1, 0.15) is 0 Å². The van der Waals surface area contributed by atoms with Gasteiger partial charge in [-0.3, -0.25) is 0 Å². The number of rotatable bonds is 3. The van der Waals surface area contributed by atoms with Crippen molar-refractivity contribution in [3.63, 3.8) is 0 Å². The van der Waals surface area contributed by atoms with Gasteiger partial charge in [0.15, 0.2) is 0 Å². The van der Waals surface area contributed by atoms with E-state index in [1.54, 1.807) is 0 Å². The zero-order valence-electron chi connectivity index (χ0n) is 7.26. The van der Waals surface area contributed by atoms with Crippen LogP contribution in [0, 0.1) is 11.8 Å². The molecule has 0 aliphatic carbocycles. The summed E-state index contributed by atoms with van der Waals surface area (Å²) in [5.41, 5.74) is 0. The highest BCUT2D eigenvalue weighted by Crippen LogP contribution is 2.28. The first-order valence-corrected chi connectivity index (χ1v) is 4.37. The Labute approximate surface area is 63.8 Å². The molecule has 3 atom stereocenters. The lowest BCUT2D eigenvalue weighted by atomic mass is 9.87. The van der Waals surface area contributed by atoms with Crippen molar-refractivity contribution < 1.29 is 4.74 Å². The van der Waals surface area contributed by atoms with E-state index in [1.807, 2.05) is 0 Å². The van der Waals surface area contributed by atoms with Gasteiger partial charge in [0, 0.05) is 5.92 Å². The van der Waals surface area contributed by atoms with Crippen molar-refractivity contribution in [1.82, 2.24) is 0 Å². The first-order valence-electron chi connectivity index (χ1n) is 4.37. The van der Waals surface area contributed by atoms with Gasteiger partial charge in [0.25, 0.3) is 0 Å². The summed E-state index contributed by atoms with van der Waals surface area (Å²) in [7, 11) is 0. The average molecular weight is 142 g/mol. The highest BCUT2D eigenvalue weighted by atomic mass is 16.5. The van der Waals surface area contributed by atoms with E-state index in [0.717, 1.165) is 18.4 Å². The summed E-state index contributed by atoms with van der Waals surface area (Å²) in [5.74, 6) is 1.58. The molecule has 0 aromatic carbocycles. The molecule has 1 nitrogen and oxygen atoms in total. The molecule has 1 heterocycles. The first kappa shape index (κ1) is 8.06. The SMILES string of the molecule is CCCC(C)C1OCC1C. The minimum absolute atomic E-state index is 0.569. The van der Waals surface area contributed by atoms with Gasteiger partial charge in [0.05, 0.1) is 12.7 Å². The van der Waals surface area contributed by atoms with Crippen LogP contribution in [0.25, 0.3) is 0 Å². The molecule has 0 saturated carbocycles. The van der Waals surface area contributed by atoms with E-state index in [-0.39, 0.29) is 0 Å². The molecular formula is C9H18O. The Morgan fingerprint density at radius 3 is 2.60 bits per heavy atom. The standard InChI is InChI=1S/C9H18O/c1-4-5-7(2)9-8(3)6-10-9/h7-9H,4-6H2,1-3H3. The van der Waals surface area contributed by atoms with Crippen LogP contribution in [-0.2, 0) is 4.74 Å². The summed E-state index contributed by atoms with van der Waals surface area (Å²) in [6, 6.07) is 0. The molecule has 1 heteroatoms. The van der Waals surface area contributed by atoms with Crippen molar-refractivity contribution in [2.75, 3.05) is 6.61 Å². The van der Waals surface area contributed by atoms with Crippen molar-refractivity contribution in [3.05, 3.63) is 0 Å². The predicted molar refractivity (Wildman–Crippen MR) is 43.0 cm³/mol. The lowest BCUT2D eigenvalue weighted by Gasteiger charge is -2.38. The zero-order chi connectivity index (χ0) is 7.56. The third-order valence-corrected chi connectivity index (χ3v) is 2.42. The number of hydrogen-bond acceptors (Lipinski definition) is 1. The Bertz CT molecular complexity index is 101. The van der Waals surface area contributed by atoms with Gasteiger partial charge in [-0.05, 0) is 12.3 Å². The second kappa shape index (κ2) is 3.38. The van der Waals surface area contributed by atoms with Gasteiger partial charge < -0.3 is 4.74 Å². The molecule has 1 aliphatic heterocycles. The van der Waals surface area contributed by atoms with Gasteiger partial charge in [-0.2, -0.15) is 0 Å². The maximum absolute atomic E-state index is 5.46. The first-order chi connectivity index (χ1) is 4.75. The second-order valence-corrected chi connectivity index (χ2v) is 3.54. The summed E-state index contributed by atoms with van der Waals surface area (Å²) < 4.78 is 5.46. The molecule has 3 unspecified atom stereocenters. The van der Waals surface area contributed by atoms with Gasteiger partial charge in [-0.25, -0.2) is 0 Å². The highest BCUT2D eigenvalue weighted by molar-refractivity contribution is 4.79. The summed E-state index contributed by atoms with van der Waals surface area (Å²) in [5, 5.41) is 0. The molecule has 10 heavy (non-hydrogen) atoms. The topological polar surface area (TPSA) is 9.23 Å². The van der Waals surface area contributed by atoms with E-state index >= 15 is 0 Å². The Kier molecular flexibility index (Phi) is 2.72. The number of hydrogen-bond donors (Lipinski definition) is 0. The summed E-state index contributed by atoms with van der Waals surface area (Å²) in [6.45, 7) is 7.79. The van der Waals surface area contributed by atoms with Crippen molar-refractivity contribution in [3.8, 4) is 0 Å². The fourth-order valence-corrected chi connectivity index (χ4v) is 1.74. The van der Waals surface area contributed by atoms with E-state index in [4.69, 9.17) is 4.74 Å². The van der Waals surface area contributed by atoms with E-state index in [9.17, 15) is 0 Å². The molecule has 60 valence electrons. The molecule has 0 aromatic rings. The van der Waals surface area contributed by atoms with Gasteiger partial charge in [-0.15, -0.1) is 0 Å². The van der Waals surface area contributed by atoms with Crippen molar-refractivity contribution >= 4 is 0 Å². The van der Waals surface area contributed by atoms with Gasteiger partial charge in [0.2, 0.25) is 0 Å². The normalized spacial score (nSPS) is 35.1. The molecule has 1 rings (SSSR count). The van der Waals surface area contributed by atoms with Crippen LogP contribution in [0.3, 0.4) is 0 Å². The molecule has 0 radical (unpaired) electrons. The molecule has 1 fully saturated rings. The third-order valence-electron chi connectivity index (χ3n) is 2.42. The number of ether oxygens (including phenoxy) is 1. The molecular weight excluding hydrogens is 124 g/mol. The van der Waals surface area contributed by atoms with Crippen molar-refractivity contribution in [1.29, 1.82) is 0 Å². The Balaban J connectivity index is 2.20. The molecule has 0 bridgehead atoms. The van der Waals surface area contributed by atoms with Gasteiger partial charge >= 0.3 is 0 Å². The molecule has 0 spiro atoms. The third kappa shape index (κ3) is 1.51. The predicted octanol–water partition coefficient (Wildman–Crippen LogP) is 2.46. The van der Waals surface area contributed by atoms with Crippen LogP contribution in [-0.4, -0.2) is 12.7 Å². The quantitative estimate of drug-likeness (QED) is 0.588.